The van der Waals surface area contributed by atoms with Crippen LogP contribution in [0.15, 0.2) is 35.0 Å². The van der Waals surface area contributed by atoms with Crippen LogP contribution in [-0.4, -0.2) is 21.8 Å². The Hall–Kier alpha value is -2.30. The van der Waals surface area contributed by atoms with Crippen LogP contribution in [0.1, 0.15) is 31.5 Å². The molecule has 0 fully saturated rings. The van der Waals surface area contributed by atoms with Gasteiger partial charge in [-0.15, -0.1) is 0 Å². The van der Waals surface area contributed by atoms with Crippen molar-refractivity contribution in [3.63, 3.8) is 0 Å². The Morgan fingerprint density at radius 2 is 2.15 bits per heavy atom. The van der Waals surface area contributed by atoms with Gasteiger partial charge in [0.25, 0.3) is 0 Å². The van der Waals surface area contributed by atoms with E-state index in [1.54, 1.807) is 7.11 Å². The summed E-state index contributed by atoms with van der Waals surface area (Å²) >= 11 is 0. The van der Waals surface area contributed by atoms with Gasteiger partial charge in [0.15, 0.2) is 5.82 Å². The van der Waals surface area contributed by atoms with Gasteiger partial charge in [-0.05, 0) is 24.3 Å². The molecule has 0 aliphatic heterocycles. The average Bonchev–Trinajstić information content (AvgIpc) is 3.06. The Labute approximate surface area is 117 Å². The van der Waals surface area contributed by atoms with Crippen LogP contribution in [0.5, 0.6) is 5.75 Å². The van der Waals surface area contributed by atoms with Crippen LogP contribution in [0.3, 0.4) is 0 Å². The summed E-state index contributed by atoms with van der Waals surface area (Å²) < 4.78 is 12.6. The zero-order chi connectivity index (χ0) is 14.1. The minimum absolute atomic E-state index is 0.252. The first-order chi connectivity index (χ1) is 9.67. The van der Waals surface area contributed by atoms with Crippen LogP contribution in [0, 0.1) is 0 Å². The van der Waals surface area contributed by atoms with Gasteiger partial charge in [0.1, 0.15) is 5.75 Å². The summed E-state index contributed by atoms with van der Waals surface area (Å²) in [5.41, 5.74) is 1.13. The second-order valence-electron chi connectivity index (χ2n) is 5.07. The van der Waals surface area contributed by atoms with E-state index in [4.69, 9.17) is 9.26 Å². The van der Waals surface area contributed by atoms with Gasteiger partial charge < -0.3 is 13.8 Å². The molecule has 0 aliphatic rings. The van der Waals surface area contributed by atoms with Crippen LogP contribution in [0.25, 0.3) is 10.9 Å². The lowest BCUT2D eigenvalue weighted by Gasteiger charge is -2.03. The Morgan fingerprint density at radius 3 is 2.85 bits per heavy atom. The average molecular weight is 271 g/mol. The third-order valence-electron chi connectivity index (χ3n) is 3.27. The van der Waals surface area contributed by atoms with Crippen molar-refractivity contribution in [3.05, 3.63) is 42.2 Å². The number of ether oxygens (including phenoxy) is 1. The van der Waals surface area contributed by atoms with Gasteiger partial charge in [0.2, 0.25) is 5.89 Å². The lowest BCUT2D eigenvalue weighted by molar-refractivity contribution is 0.360. The van der Waals surface area contributed by atoms with E-state index < -0.39 is 0 Å². The highest BCUT2D eigenvalue weighted by Crippen LogP contribution is 2.22. The fraction of sp³-hybridized carbons (Fsp3) is 0.333. The number of benzene rings is 1. The van der Waals surface area contributed by atoms with E-state index >= 15 is 0 Å². The lowest BCUT2D eigenvalue weighted by Crippen LogP contribution is -2.00. The van der Waals surface area contributed by atoms with Crippen LogP contribution in [0.4, 0.5) is 0 Å². The molecule has 20 heavy (non-hydrogen) atoms. The minimum atomic E-state index is 0.252. The van der Waals surface area contributed by atoms with Gasteiger partial charge in [0, 0.05) is 23.0 Å². The molecule has 0 saturated carbocycles. The molecule has 0 unspecified atom stereocenters. The summed E-state index contributed by atoms with van der Waals surface area (Å²) in [5, 5.41) is 5.16. The smallest absolute Gasteiger partial charge is 0.229 e. The van der Waals surface area contributed by atoms with Crippen LogP contribution in [-0.2, 0) is 6.54 Å². The van der Waals surface area contributed by atoms with E-state index in [0.29, 0.717) is 18.3 Å². The fourth-order valence-corrected chi connectivity index (χ4v) is 2.16. The highest BCUT2D eigenvalue weighted by molar-refractivity contribution is 5.81. The van der Waals surface area contributed by atoms with Crippen molar-refractivity contribution in [3.8, 4) is 5.75 Å². The molecule has 0 aliphatic carbocycles. The van der Waals surface area contributed by atoms with Gasteiger partial charge in [-0.3, -0.25) is 0 Å². The van der Waals surface area contributed by atoms with Crippen molar-refractivity contribution >= 4 is 10.9 Å². The highest BCUT2D eigenvalue weighted by Gasteiger charge is 2.11. The molecule has 0 radical (unpaired) electrons. The standard InChI is InChI=1S/C15H17N3O2/c1-10(2)15-16-14(17-20-15)9-18-7-6-11-8-12(19-3)4-5-13(11)18/h4-8,10H,9H2,1-3H3. The minimum Gasteiger partial charge on any atom is -0.497 e. The zero-order valence-electron chi connectivity index (χ0n) is 11.8. The van der Waals surface area contributed by atoms with Crippen molar-refractivity contribution in [1.82, 2.24) is 14.7 Å². The van der Waals surface area contributed by atoms with Crippen LogP contribution < -0.4 is 4.74 Å². The van der Waals surface area contributed by atoms with Crippen molar-refractivity contribution < 1.29 is 9.26 Å². The zero-order valence-corrected chi connectivity index (χ0v) is 11.8. The maximum atomic E-state index is 5.23. The van der Waals surface area contributed by atoms with Gasteiger partial charge in [0.05, 0.1) is 13.7 Å². The molecule has 0 bridgehead atoms. The molecule has 104 valence electrons. The van der Waals surface area contributed by atoms with Crippen molar-refractivity contribution in [2.75, 3.05) is 7.11 Å². The Bertz CT molecular complexity index is 728. The number of aromatic nitrogens is 3. The third-order valence-corrected chi connectivity index (χ3v) is 3.27. The number of methoxy groups -OCH3 is 1. The third kappa shape index (κ3) is 2.27. The molecule has 0 atom stereocenters. The van der Waals surface area contributed by atoms with E-state index in [2.05, 4.69) is 20.8 Å². The monoisotopic (exact) mass is 271 g/mol. The predicted octanol–water partition coefficient (Wildman–Crippen LogP) is 3.20. The van der Waals surface area contributed by atoms with Gasteiger partial charge in [-0.2, -0.15) is 4.98 Å². The Balaban J connectivity index is 1.90. The maximum absolute atomic E-state index is 5.23. The highest BCUT2D eigenvalue weighted by atomic mass is 16.5. The van der Waals surface area contributed by atoms with Gasteiger partial charge in [-0.1, -0.05) is 19.0 Å². The normalized spacial score (nSPS) is 11.4. The summed E-state index contributed by atoms with van der Waals surface area (Å²) in [6.07, 6.45) is 2.02. The number of hydrogen-bond donors (Lipinski definition) is 0. The number of hydrogen-bond acceptors (Lipinski definition) is 4. The molecule has 3 rings (SSSR count). The maximum Gasteiger partial charge on any atom is 0.229 e. The second kappa shape index (κ2) is 5.00. The molecule has 5 heteroatoms. The summed E-state index contributed by atoms with van der Waals surface area (Å²) in [7, 11) is 1.67. The quantitative estimate of drug-likeness (QED) is 0.731. The molecule has 1 aromatic carbocycles. The molecule has 0 spiro atoms. The summed E-state index contributed by atoms with van der Waals surface area (Å²) in [4.78, 5) is 4.40. The molecule has 2 aromatic heterocycles. The first kappa shape index (κ1) is 12.7. The first-order valence-electron chi connectivity index (χ1n) is 6.62. The molecule has 0 saturated heterocycles. The molecule has 0 N–H and O–H groups in total. The van der Waals surface area contributed by atoms with E-state index in [-0.39, 0.29) is 5.92 Å². The summed E-state index contributed by atoms with van der Waals surface area (Å²) in [6.45, 7) is 4.68. The SMILES string of the molecule is COc1ccc2c(ccn2Cc2noc(C(C)C)n2)c1. The van der Waals surface area contributed by atoms with Gasteiger partial charge >= 0.3 is 0 Å². The summed E-state index contributed by atoms with van der Waals surface area (Å²) in [6, 6.07) is 8.06. The fourth-order valence-electron chi connectivity index (χ4n) is 2.16. The van der Waals surface area contributed by atoms with E-state index in [0.717, 1.165) is 16.7 Å². The molecular weight excluding hydrogens is 254 g/mol. The molecule has 3 aromatic rings. The lowest BCUT2D eigenvalue weighted by atomic mass is 10.2. The largest absolute Gasteiger partial charge is 0.497 e. The van der Waals surface area contributed by atoms with E-state index in [1.807, 2.05) is 38.2 Å². The van der Waals surface area contributed by atoms with Crippen molar-refractivity contribution in [2.45, 2.75) is 26.3 Å². The number of nitrogens with zero attached hydrogens (tertiary/aromatic N) is 3. The topological polar surface area (TPSA) is 53.1 Å². The van der Waals surface area contributed by atoms with E-state index in [1.165, 1.54) is 0 Å². The Kier molecular flexibility index (Phi) is 3.18. The van der Waals surface area contributed by atoms with Crippen molar-refractivity contribution in [1.29, 1.82) is 0 Å². The Morgan fingerprint density at radius 1 is 1.30 bits per heavy atom. The summed E-state index contributed by atoms with van der Waals surface area (Å²) in [5.74, 6) is 2.49. The molecule has 0 amide bonds. The van der Waals surface area contributed by atoms with Gasteiger partial charge in [-0.25, -0.2) is 0 Å². The molecular formula is C15H17N3O2. The molecule has 5 nitrogen and oxygen atoms in total. The van der Waals surface area contributed by atoms with E-state index in [9.17, 15) is 0 Å². The first-order valence-corrected chi connectivity index (χ1v) is 6.62. The predicted molar refractivity (Wildman–Crippen MR) is 76.0 cm³/mol. The van der Waals surface area contributed by atoms with Crippen LogP contribution in [0.2, 0.25) is 0 Å². The van der Waals surface area contributed by atoms with Crippen molar-refractivity contribution in [2.24, 2.45) is 0 Å². The number of fused-ring (bicyclic) bond motifs is 1. The number of rotatable bonds is 4. The van der Waals surface area contributed by atoms with Crippen LogP contribution >= 0.6 is 0 Å². The second-order valence-corrected chi connectivity index (χ2v) is 5.07. The molecule has 2 heterocycles.